The van der Waals surface area contributed by atoms with Crippen molar-refractivity contribution < 1.29 is 9.47 Å². The van der Waals surface area contributed by atoms with Crippen LogP contribution in [0.2, 0.25) is 0 Å². The molecule has 0 radical (unpaired) electrons. The Kier molecular flexibility index (Phi) is 6.33. The second kappa shape index (κ2) is 8.01. The van der Waals surface area contributed by atoms with Gasteiger partial charge < -0.3 is 14.8 Å². The summed E-state index contributed by atoms with van der Waals surface area (Å²) in [5.41, 5.74) is 1.27. The van der Waals surface area contributed by atoms with Crippen molar-refractivity contribution >= 4 is 15.9 Å². The molecule has 1 fully saturated rings. The number of piperazine rings is 1. The second-order valence-electron chi connectivity index (χ2n) is 5.33. The second-order valence-corrected chi connectivity index (χ2v) is 6.12. The van der Waals surface area contributed by atoms with Gasteiger partial charge in [-0.05, 0) is 40.0 Å². The molecule has 1 aliphatic heterocycles. The number of benzene rings is 1. The molecule has 0 bridgehead atoms. The van der Waals surface area contributed by atoms with E-state index in [-0.39, 0.29) is 0 Å². The fraction of sp³-hybridized carbons (Fsp3) is 0.625. The van der Waals surface area contributed by atoms with E-state index in [0.717, 1.165) is 55.0 Å². The minimum absolute atomic E-state index is 0.424. The fourth-order valence-electron chi connectivity index (χ4n) is 2.91. The van der Waals surface area contributed by atoms with Gasteiger partial charge in [0, 0.05) is 32.2 Å². The third-order valence-electron chi connectivity index (χ3n) is 4.01. The molecule has 0 unspecified atom stereocenters. The maximum atomic E-state index is 5.49. The predicted molar refractivity (Wildman–Crippen MR) is 89.3 cm³/mol. The lowest BCUT2D eigenvalue weighted by Gasteiger charge is -2.35. The third kappa shape index (κ3) is 3.90. The van der Waals surface area contributed by atoms with E-state index < -0.39 is 0 Å². The molecule has 0 saturated carbocycles. The lowest BCUT2D eigenvalue weighted by Crippen LogP contribution is -2.45. The Morgan fingerprint density at radius 3 is 2.24 bits per heavy atom. The molecule has 0 aromatic heterocycles. The molecule has 118 valence electrons. The summed E-state index contributed by atoms with van der Waals surface area (Å²) in [5, 5.41) is 3.42. The smallest absolute Gasteiger partial charge is 0.137 e. The highest BCUT2D eigenvalue weighted by Gasteiger charge is 2.23. The number of halogens is 1. The van der Waals surface area contributed by atoms with Crippen molar-refractivity contribution in [3.05, 3.63) is 22.2 Å². The Bertz CT molecular complexity index is 437. The maximum absolute atomic E-state index is 5.49. The van der Waals surface area contributed by atoms with Crippen LogP contribution < -0.4 is 14.8 Å². The summed E-state index contributed by atoms with van der Waals surface area (Å²) in [4.78, 5) is 2.56. The first-order valence-corrected chi connectivity index (χ1v) is 8.36. The first kappa shape index (κ1) is 16.6. The Morgan fingerprint density at radius 1 is 1.19 bits per heavy atom. The number of hydrogen-bond donors (Lipinski definition) is 1. The Hall–Kier alpha value is -0.780. The third-order valence-corrected chi connectivity index (χ3v) is 4.79. The van der Waals surface area contributed by atoms with Gasteiger partial charge in [-0.3, -0.25) is 4.90 Å². The van der Waals surface area contributed by atoms with Crippen LogP contribution in [-0.4, -0.2) is 45.3 Å². The number of hydrogen-bond acceptors (Lipinski definition) is 4. The molecule has 2 rings (SSSR count). The molecule has 1 N–H and O–H groups in total. The number of nitrogens with one attached hydrogen (secondary N) is 1. The summed E-state index contributed by atoms with van der Waals surface area (Å²) < 4.78 is 11.9. The van der Waals surface area contributed by atoms with Gasteiger partial charge in [0.2, 0.25) is 0 Å². The van der Waals surface area contributed by atoms with Gasteiger partial charge in [-0.1, -0.05) is 13.3 Å². The van der Waals surface area contributed by atoms with Crippen LogP contribution in [0.1, 0.15) is 31.4 Å². The molecule has 0 spiro atoms. The Balaban J connectivity index is 2.34. The average Bonchev–Trinajstić information content (AvgIpc) is 2.54. The van der Waals surface area contributed by atoms with E-state index >= 15 is 0 Å². The van der Waals surface area contributed by atoms with Crippen LogP contribution in [0, 0.1) is 0 Å². The average molecular weight is 357 g/mol. The van der Waals surface area contributed by atoms with Gasteiger partial charge in [0.1, 0.15) is 16.0 Å². The van der Waals surface area contributed by atoms with Crippen LogP contribution in [0.3, 0.4) is 0 Å². The summed E-state index contributed by atoms with van der Waals surface area (Å²) >= 11 is 3.55. The van der Waals surface area contributed by atoms with E-state index in [1.54, 1.807) is 14.2 Å². The molecule has 5 heteroatoms. The lowest BCUT2D eigenvalue weighted by molar-refractivity contribution is 0.164. The largest absolute Gasteiger partial charge is 0.495 e. The van der Waals surface area contributed by atoms with E-state index in [0.29, 0.717) is 6.04 Å². The van der Waals surface area contributed by atoms with Crippen molar-refractivity contribution in [3.8, 4) is 11.5 Å². The van der Waals surface area contributed by atoms with Crippen LogP contribution >= 0.6 is 15.9 Å². The standard InChI is InChI=1S/C16H25BrN2O2/c1-4-5-13(19-8-6-18-7-9-19)12-10-14(20-2)16(17)15(11-12)21-3/h10-11,13,18H,4-9H2,1-3H3/t13-/m0/s1. The van der Waals surface area contributed by atoms with Crippen molar-refractivity contribution in [2.24, 2.45) is 0 Å². The normalized spacial score (nSPS) is 17.5. The van der Waals surface area contributed by atoms with Gasteiger partial charge in [-0.2, -0.15) is 0 Å². The molecule has 1 atom stereocenters. The molecule has 0 amide bonds. The van der Waals surface area contributed by atoms with E-state index in [1.165, 1.54) is 5.56 Å². The highest BCUT2D eigenvalue weighted by atomic mass is 79.9. The molecular weight excluding hydrogens is 332 g/mol. The molecule has 4 nitrogen and oxygen atoms in total. The van der Waals surface area contributed by atoms with Gasteiger partial charge in [0.05, 0.1) is 14.2 Å². The zero-order valence-electron chi connectivity index (χ0n) is 13.1. The summed E-state index contributed by atoms with van der Waals surface area (Å²) in [6, 6.07) is 4.69. The van der Waals surface area contributed by atoms with Gasteiger partial charge in [0.25, 0.3) is 0 Å². The number of ether oxygens (including phenoxy) is 2. The Labute approximate surface area is 135 Å². The lowest BCUT2D eigenvalue weighted by atomic mass is 9.99. The minimum atomic E-state index is 0.424. The Morgan fingerprint density at radius 2 is 1.76 bits per heavy atom. The fourth-order valence-corrected chi connectivity index (χ4v) is 3.46. The van der Waals surface area contributed by atoms with Crippen molar-refractivity contribution in [1.82, 2.24) is 10.2 Å². The summed E-state index contributed by atoms with van der Waals surface area (Å²) in [6.45, 7) is 6.54. The summed E-state index contributed by atoms with van der Waals surface area (Å²) in [7, 11) is 3.39. The van der Waals surface area contributed by atoms with Crippen molar-refractivity contribution in [2.45, 2.75) is 25.8 Å². The van der Waals surface area contributed by atoms with E-state index in [9.17, 15) is 0 Å². The SMILES string of the molecule is CCC[C@@H](c1cc(OC)c(Br)c(OC)c1)N1CCNCC1. The predicted octanol–water partition coefficient (Wildman–Crippen LogP) is 3.21. The number of rotatable bonds is 6. The van der Waals surface area contributed by atoms with Crippen molar-refractivity contribution in [1.29, 1.82) is 0 Å². The van der Waals surface area contributed by atoms with E-state index in [1.807, 2.05) is 0 Å². The van der Waals surface area contributed by atoms with E-state index in [4.69, 9.17) is 9.47 Å². The van der Waals surface area contributed by atoms with Crippen LogP contribution in [0.15, 0.2) is 16.6 Å². The molecule has 1 saturated heterocycles. The minimum Gasteiger partial charge on any atom is -0.495 e. The monoisotopic (exact) mass is 356 g/mol. The molecule has 1 heterocycles. The quantitative estimate of drug-likeness (QED) is 0.848. The highest BCUT2D eigenvalue weighted by Crippen LogP contribution is 2.39. The first-order chi connectivity index (χ1) is 10.2. The molecule has 1 aromatic rings. The molecule has 1 aromatic carbocycles. The molecule has 0 aliphatic carbocycles. The van der Waals surface area contributed by atoms with Gasteiger partial charge in [-0.25, -0.2) is 0 Å². The first-order valence-electron chi connectivity index (χ1n) is 7.57. The van der Waals surface area contributed by atoms with Gasteiger partial charge in [-0.15, -0.1) is 0 Å². The molecule has 1 aliphatic rings. The number of methoxy groups -OCH3 is 2. The zero-order chi connectivity index (χ0) is 15.2. The summed E-state index contributed by atoms with van der Waals surface area (Å²) in [6.07, 6.45) is 2.31. The topological polar surface area (TPSA) is 33.7 Å². The molecule has 21 heavy (non-hydrogen) atoms. The van der Waals surface area contributed by atoms with Gasteiger partial charge in [0.15, 0.2) is 0 Å². The zero-order valence-corrected chi connectivity index (χ0v) is 14.7. The van der Waals surface area contributed by atoms with Crippen LogP contribution in [0.5, 0.6) is 11.5 Å². The van der Waals surface area contributed by atoms with E-state index in [2.05, 4.69) is 45.2 Å². The van der Waals surface area contributed by atoms with Crippen molar-refractivity contribution in [2.75, 3.05) is 40.4 Å². The highest BCUT2D eigenvalue weighted by molar-refractivity contribution is 9.10. The van der Waals surface area contributed by atoms with Gasteiger partial charge >= 0.3 is 0 Å². The summed E-state index contributed by atoms with van der Waals surface area (Å²) in [5.74, 6) is 1.67. The van der Waals surface area contributed by atoms with Crippen LogP contribution in [0.25, 0.3) is 0 Å². The molecular formula is C16H25BrN2O2. The number of nitrogens with zero attached hydrogens (tertiary/aromatic N) is 1. The van der Waals surface area contributed by atoms with Crippen LogP contribution in [-0.2, 0) is 0 Å². The maximum Gasteiger partial charge on any atom is 0.137 e. The van der Waals surface area contributed by atoms with Crippen LogP contribution in [0.4, 0.5) is 0 Å². The van der Waals surface area contributed by atoms with Crippen molar-refractivity contribution in [3.63, 3.8) is 0 Å².